The molecular formula is C22H29N3O4. The number of hydrogen-bond acceptors (Lipinski definition) is 5. The summed E-state index contributed by atoms with van der Waals surface area (Å²) in [7, 11) is 0. The zero-order valence-corrected chi connectivity index (χ0v) is 17.1. The molecule has 1 amide bonds. The number of aliphatic hydroxyl groups excluding tert-OH is 1. The Kier molecular flexibility index (Phi) is 5.34. The Bertz CT molecular complexity index is 924. The van der Waals surface area contributed by atoms with Gasteiger partial charge in [0.2, 0.25) is 5.91 Å². The number of aromatic nitrogens is 2. The fourth-order valence-corrected chi connectivity index (χ4v) is 5.41. The van der Waals surface area contributed by atoms with E-state index in [1.807, 2.05) is 47.6 Å². The van der Waals surface area contributed by atoms with E-state index in [0.29, 0.717) is 38.2 Å². The largest absolute Gasteiger partial charge is 0.466 e. The van der Waals surface area contributed by atoms with Gasteiger partial charge in [0, 0.05) is 25.0 Å². The topological polar surface area (TPSA) is 84.7 Å². The zero-order chi connectivity index (χ0) is 20.6. The molecule has 4 rings (SSSR count). The van der Waals surface area contributed by atoms with Crippen LogP contribution in [0.4, 0.5) is 0 Å². The number of para-hydroxylation sites is 2. The molecule has 3 atom stereocenters. The van der Waals surface area contributed by atoms with Crippen LogP contribution in [0.15, 0.2) is 24.3 Å². The van der Waals surface area contributed by atoms with Crippen LogP contribution in [0.2, 0.25) is 0 Å². The molecule has 3 heterocycles. The van der Waals surface area contributed by atoms with Gasteiger partial charge >= 0.3 is 5.97 Å². The lowest BCUT2D eigenvalue weighted by Crippen LogP contribution is -2.45. The van der Waals surface area contributed by atoms with Crippen molar-refractivity contribution >= 4 is 22.9 Å². The maximum absolute atomic E-state index is 13.2. The molecule has 29 heavy (non-hydrogen) atoms. The van der Waals surface area contributed by atoms with Crippen LogP contribution < -0.4 is 0 Å². The summed E-state index contributed by atoms with van der Waals surface area (Å²) >= 11 is 0. The van der Waals surface area contributed by atoms with Crippen molar-refractivity contribution in [1.82, 2.24) is 14.5 Å². The second-order valence-electron chi connectivity index (χ2n) is 8.06. The van der Waals surface area contributed by atoms with Gasteiger partial charge in [0.05, 0.1) is 23.1 Å². The number of carbonyl (C=O) groups excluding carboxylic acids is 2. The summed E-state index contributed by atoms with van der Waals surface area (Å²) in [5, 5.41) is 9.67. The maximum atomic E-state index is 13.2. The number of rotatable bonds is 7. The number of aliphatic hydroxyl groups is 1. The smallest absolute Gasteiger partial charge is 0.314 e. The van der Waals surface area contributed by atoms with E-state index in [9.17, 15) is 14.7 Å². The second kappa shape index (κ2) is 7.78. The van der Waals surface area contributed by atoms with Crippen LogP contribution in [0.1, 0.15) is 51.8 Å². The van der Waals surface area contributed by atoms with E-state index in [0.717, 1.165) is 23.9 Å². The van der Waals surface area contributed by atoms with Crippen molar-refractivity contribution in [2.45, 2.75) is 71.2 Å². The van der Waals surface area contributed by atoms with Crippen molar-refractivity contribution in [1.29, 1.82) is 0 Å². The van der Waals surface area contributed by atoms with Gasteiger partial charge in [-0.3, -0.25) is 9.59 Å². The highest BCUT2D eigenvalue weighted by molar-refractivity contribution is 5.84. The van der Waals surface area contributed by atoms with Gasteiger partial charge in [-0.1, -0.05) is 19.1 Å². The summed E-state index contributed by atoms with van der Waals surface area (Å²) in [5.41, 5.74) is 1.17. The number of imidazole rings is 1. The van der Waals surface area contributed by atoms with E-state index in [-0.39, 0.29) is 30.6 Å². The average Bonchev–Trinajstić information content (AvgIpc) is 3.41. The first-order valence-corrected chi connectivity index (χ1v) is 10.6. The monoisotopic (exact) mass is 399 g/mol. The maximum Gasteiger partial charge on any atom is 0.314 e. The first-order chi connectivity index (χ1) is 14.1. The summed E-state index contributed by atoms with van der Waals surface area (Å²) < 4.78 is 7.30. The van der Waals surface area contributed by atoms with Crippen molar-refractivity contribution < 1.29 is 19.4 Å². The van der Waals surface area contributed by atoms with Crippen molar-refractivity contribution in [3.63, 3.8) is 0 Å². The molecule has 2 saturated heterocycles. The third-order valence-electron chi connectivity index (χ3n) is 6.77. The predicted molar refractivity (Wildman–Crippen MR) is 108 cm³/mol. The minimum atomic E-state index is -0.563. The summed E-state index contributed by atoms with van der Waals surface area (Å²) in [5.74, 6) is 0.479. The Hall–Kier alpha value is -2.41. The van der Waals surface area contributed by atoms with Crippen LogP contribution in [-0.2, 0) is 27.5 Å². The molecule has 2 bridgehead atoms. The first kappa shape index (κ1) is 19.9. The Morgan fingerprint density at radius 3 is 2.79 bits per heavy atom. The van der Waals surface area contributed by atoms with Crippen molar-refractivity contribution in [3.05, 3.63) is 30.1 Å². The molecule has 1 aromatic carbocycles. The molecule has 7 heteroatoms. The normalized spacial score (nSPS) is 25.7. The number of ether oxygens (including phenoxy) is 1. The van der Waals surface area contributed by atoms with Gasteiger partial charge in [0.1, 0.15) is 12.4 Å². The van der Waals surface area contributed by atoms with E-state index >= 15 is 0 Å². The zero-order valence-electron chi connectivity index (χ0n) is 17.1. The van der Waals surface area contributed by atoms with Crippen LogP contribution in [0.25, 0.3) is 11.0 Å². The van der Waals surface area contributed by atoms with E-state index < -0.39 is 5.41 Å². The van der Waals surface area contributed by atoms with E-state index in [1.54, 1.807) is 0 Å². The molecule has 2 aliphatic rings. The number of nitrogens with zero attached hydrogens (tertiary/aromatic N) is 3. The van der Waals surface area contributed by atoms with Crippen LogP contribution >= 0.6 is 0 Å². The summed E-state index contributed by atoms with van der Waals surface area (Å²) in [6.45, 7) is 4.50. The number of aryl methyl sites for hydroxylation is 1. The summed E-state index contributed by atoms with van der Waals surface area (Å²) in [4.78, 5) is 32.3. The molecule has 156 valence electrons. The minimum Gasteiger partial charge on any atom is -0.466 e. The lowest BCUT2D eigenvalue weighted by atomic mass is 9.72. The molecule has 0 saturated carbocycles. The van der Waals surface area contributed by atoms with Crippen molar-refractivity contribution in [3.8, 4) is 0 Å². The molecular weight excluding hydrogens is 370 g/mol. The molecule has 0 spiro atoms. The number of amides is 1. The number of benzene rings is 1. The fourth-order valence-electron chi connectivity index (χ4n) is 5.41. The Balaban J connectivity index is 1.52. The fraction of sp³-hybridized carbons (Fsp3) is 0.591. The second-order valence-corrected chi connectivity index (χ2v) is 8.06. The third kappa shape index (κ3) is 3.12. The van der Waals surface area contributed by atoms with Crippen LogP contribution in [0, 0.1) is 5.41 Å². The van der Waals surface area contributed by atoms with Crippen molar-refractivity contribution in [2.75, 3.05) is 6.61 Å². The number of carbonyl (C=O) groups is 2. The molecule has 2 fully saturated rings. The van der Waals surface area contributed by atoms with Gasteiger partial charge in [0.25, 0.3) is 0 Å². The van der Waals surface area contributed by atoms with Crippen LogP contribution in [-0.4, -0.2) is 50.1 Å². The molecule has 1 N–H and O–H groups in total. The molecule has 0 unspecified atom stereocenters. The quantitative estimate of drug-likeness (QED) is 0.724. The highest BCUT2D eigenvalue weighted by atomic mass is 16.5. The summed E-state index contributed by atoms with van der Waals surface area (Å²) in [6.07, 6.45) is 3.53. The molecule has 2 aliphatic heterocycles. The predicted octanol–water partition coefficient (Wildman–Crippen LogP) is 2.64. The minimum absolute atomic E-state index is 0.0683. The van der Waals surface area contributed by atoms with Crippen molar-refractivity contribution in [2.24, 2.45) is 5.41 Å². The van der Waals surface area contributed by atoms with E-state index in [1.165, 1.54) is 0 Å². The van der Waals surface area contributed by atoms with Crippen LogP contribution in [0.5, 0.6) is 0 Å². The molecule has 0 radical (unpaired) electrons. The molecule has 0 aliphatic carbocycles. The van der Waals surface area contributed by atoms with Gasteiger partial charge in [0.15, 0.2) is 0 Å². The Morgan fingerprint density at radius 2 is 2.07 bits per heavy atom. The van der Waals surface area contributed by atoms with Crippen LogP contribution in [0.3, 0.4) is 0 Å². The third-order valence-corrected chi connectivity index (χ3v) is 6.77. The standard InChI is InChI=1S/C22H29N3O4/c1-3-22(21(28)29-4-2)13-15-9-10-18(22)25(15)20(27)11-12-24-17-8-6-5-7-16(17)23-19(24)14-26/h5-8,15,18,26H,3-4,9-14H2,1-2H3/t15-,18+,22+/m1/s1. The van der Waals surface area contributed by atoms with E-state index in [2.05, 4.69) is 4.98 Å². The first-order valence-electron chi connectivity index (χ1n) is 10.6. The number of fused-ring (bicyclic) bond motifs is 3. The lowest BCUT2D eigenvalue weighted by molar-refractivity contribution is -0.158. The van der Waals surface area contributed by atoms with Gasteiger partial charge < -0.3 is 19.3 Å². The Labute approximate surface area is 170 Å². The lowest BCUT2D eigenvalue weighted by Gasteiger charge is -2.34. The van der Waals surface area contributed by atoms with Gasteiger partial charge in [-0.2, -0.15) is 0 Å². The Morgan fingerprint density at radius 1 is 1.28 bits per heavy atom. The van der Waals surface area contributed by atoms with Gasteiger partial charge in [-0.05, 0) is 44.7 Å². The van der Waals surface area contributed by atoms with E-state index in [4.69, 9.17) is 4.74 Å². The van der Waals surface area contributed by atoms with Gasteiger partial charge in [-0.15, -0.1) is 0 Å². The highest BCUT2D eigenvalue weighted by Gasteiger charge is 2.60. The highest BCUT2D eigenvalue weighted by Crippen LogP contribution is 2.52. The number of esters is 1. The summed E-state index contributed by atoms with van der Waals surface area (Å²) in [6, 6.07) is 7.75. The average molecular weight is 399 g/mol. The molecule has 2 aromatic rings. The molecule has 7 nitrogen and oxygen atoms in total. The molecule has 1 aromatic heterocycles. The number of hydrogen-bond donors (Lipinski definition) is 1. The SMILES string of the molecule is CCOC(=O)[C@@]1(CC)C[C@H]2CC[C@@H]1N2C(=O)CCn1c(CO)nc2ccccc21. The van der Waals surface area contributed by atoms with Gasteiger partial charge in [-0.25, -0.2) is 4.98 Å².